The minimum Gasteiger partial charge on any atom is -0.454 e. The Balaban J connectivity index is 1.22. The van der Waals surface area contributed by atoms with Gasteiger partial charge in [0.25, 0.3) is 0 Å². The van der Waals surface area contributed by atoms with E-state index < -0.39 is 5.41 Å². The number of nitriles is 1. The smallest absolute Gasteiger partial charge is 0.168 e. The standard InChI is InChI=1S/C25H26N6O2/c26-16-25(7-8-25)22-13-18(3-9-27-22)29-23-14-20(4-10-28-23)33-21-15-31(19-1-2-19)30-24(21)17-5-11-32-12-6-17/h3-4,9-10,13-15,17,19H,1-2,5-8,11-12H2,(H,27,28,29). The van der Waals surface area contributed by atoms with Crippen molar-refractivity contribution in [3.05, 3.63) is 54.2 Å². The van der Waals surface area contributed by atoms with Gasteiger partial charge >= 0.3 is 0 Å². The summed E-state index contributed by atoms with van der Waals surface area (Å²) in [5.41, 5.74) is 2.28. The van der Waals surface area contributed by atoms with Crippen molar-refractivity contribution in [3.63, 3.8) is 0 Å². The van der Waals surface area contributed by atoms with Gasteiger partial charge in [-0.05, 0) is 56.7 Å². The largest absolute Gasteiger partial charge is 0.454 e. The van der Waals surface area contributed by atoms with E-state index in [1.54, 1.807) is 12.4 Å². The Labute approximate surface area is 192 Å². The van der Waals surface area contributed by atoms with Crippen LogP contribution in [0.5, 0.6) is 11.5 Å². The van der Waals surface area contributed by atoms with Crippen LogP contribution in [0.2, 0.25) is 0 Å². The Morgan fingerprint density at radius 3 is 2.67 bits per heavy atom. The molecule has 168 valence electrons. The normalized spacial score (nSPS) is 19.6. The Morgan fingerprint density at radius 2 is 1.91 bits per heavy atom. The van der Waals surface area contributed by atoms with E-state index in [-0.39, 0.29) is 0 Å². The van der Waals surface area contributed by atoms with Crippen molar-refractivity contribution in [2.45, 2.75) is 55.9 Å². The second-order valence-electron chi connectivity index (χ2n) is 9.20. The fourth-order valence-electron chi connectivity index (χ4n) is 4.39. The molecule has 3 aromatic rings. The highest BCUT2D eigenvalue weighted by atomic mass is 16.5. The number of rotatable bonds is 7. The summed E-state index contributed by atoms with van der Waals surface area (Å²) in [5.74, 6) is 2.56. The summed E-state index contributed by atoms with van der Waals surface area (Å²) in [7, 11) is 0. The molecule has 3 fully saturated rings. The number of anilines is 2. The van der Waals surface area contributed by atoms with Crippen LogP contribution in [0.1, 0.15) is 61.9 Å². The van der Waals surface area contributed by atoms with E-state index in [0.29, 0.717) is 23.5 Å². The predicted molar refractivity (Wildman–Crippen MR) is 122 cm³/mol. The maximum atomic E-state index is 9.47. The molecule has 8 nitrogen and oxygen atoms in total. The van der Waals surface area contributed by atoms with Crippen LogP contribution in [0.4, 0.5) is 11.5 Å². The first-order valence-corrected chi connectivity index (χ1v) is 11.7. The lowest BCUT2D eigenvalue weighted by Crippen LogP contribution is -2.15. The van der Waals surface area contributed by atoms with Crippen molar-refractivity contribution in [3.8, 4) is 17.6 Å². The minimum atomic E-state index is -0.418. The SMILES string of the molecule is N#CC1(c2cc(Nc3cc(Oc4cn(C5CC5)nc4C4CCOCC4)ccn3)ccn2)CC1. The molecule has 4 heterocycles. The van der Waals surface area contributed by atoms with E-state index in [2.05, 4.69) is 26.0 Å². The number of nitrogens with one attached hydrogen (secondary N) is 1. The van der Waals surface area contributed by atoms with E-state index in [9.17, 15) is 5.26 Å². The van der Waals surface area contributed by atoms with Crippen LogP contribution < -0.4 is 10.1 Å². The molecule has 1 N–H and O–H groups in total. The molecular formula is C25H26N6O2. The quantitative estimate of drug-likeness (QED) is 0.550. The van der Waals surface area contributed by atoms with Crippen LogP contribution in [0, 0.1) is 11.3 Å². The van der Waals surface area contributed by atoms with E-state index in [1.165, 1.54) is 12.8 Å². The molecule has 0 atom stereocenters. The molecule has 0 spiro atoms. The zero-order valence-electron chi connectivity index (χ0n) is 18.4. The van der Waals surface area contributed by atoms with Crippen molar-refractivity contribution in [2.75, 3.05) is 18.5 Å². The van der Waals surface area contributed by atoms with E-state index in [1.807, 2.05) is 30.5 Å². The number of hydrogen-bond donors (Lipinski definition) is 1. The van der Waals surface area contributed by atoms with Gasteiger partial charge in [0.2, 0.25) is 0 Å². The summed E-state index contributed by atoms with van der Waals surface area (Å²) in [5, 5.41) is 17.7. The van der Waals surface area contributed by atoms with Crippen molar-refractivity contribution >= 4 is 11.5 Å². The first-order chi connectivity index (χ1) is 16.2. The molecule has 0 bridgehead atoms. The summed E-state index contributed by atoms with van der Waals surface area (Å²) in [4.78, 5) is 8.86. The topological polar surface area (TPSA) is 97.9 Å². The molecule has 3 aliphatic rings. The molecular weight excluding hydrogens is 416 g/mol. The Morgan fingerprint density at radius 1 is 1.09 bits per heavy atom. The third-order valence-corrected chi connectivity index (χ3v) is 6.70. The fraction of sp³-hybridized carbons (Fsp3) is 0.440. The molecule has 2 saturated carbocycles. The van der Waals surface area contributed by atoms with Crippen molar-refractivity contribution in [1.82, 2.24) is 19.7 Å². The van der Waals surface area contributed by atoms with Gasteiger partial charge in [-0.2, -0.15) is 10.4 Å². The minimum absolute atomic E-state index is 0.360. The molecule has 33 heavy (non-hydrogen) atoms. The van der Waals surface area contributed by atoms with Crippen LogP contribution in [0.25, 0.3) is 0 Å². The van der Waals surface area contributed by atoms with Crippen LogP contribution in [-0.2, 0) is 10.2 Å². The summed E-state index contributed by atoms with van der Waals surface area (Å²) in [6, 6.07) is 10.5. The highest BCUT2D eigenvalue weighted by Gasteiger charge is 2.46. The van der Waals surface area contributed by atoms with Gasteiger partial charge < -0.3 is 14.8 Å². The van der Waals surface area contributed by atoms with Gasteiger partial charge in [0.05, 0.1) is 29.4 Å². The van der Waals surface area contributed by atoms with Crippen LogP contribution in [0.3, 0.4) is 0 Å². The predicted octanol–water partition coefficient (Wildman–Crippen LogP) is 4.99. The highest BCUT2D eigenvalue weighted by molar-refractivity contribution is 5.59. The molecule has 8 heteroatoms. The first-order valence-electron chi connectivity index (χ1n) is 11.7. The fourth-order valence-corrected chi connectivity index (χ4v) is 4.39. The Bertz CT molecular complexity index is 1200. The van der Waals surface area contributed by atoms with Crippen molar-refractivity contribution in [1.29, 1.82) is 5.26 Å². The summed E-state index contributed by atoms with van der Waals surface area (Å²) < 4.78 is 14.0. The number of nitrogens with zero attached hydrogens (tertiary/aromatic N) is 5. The number of hydrogen-bond acceptors (Lipinski definition) is 7. The lowest BCUT2D eigenvalue weighted by molar-refractivity contribution is 0.0839. The van der Waals surface area contributed by atoms with E-state index >= 15 is 0 Å². The molecule has 1 aliphatic heterocycles. The third kappa shape index (κ3) is 4.16. The second-order valence-corrected chi connectivity index (χ2v) is 9.20. The van der Waals surface area contributed by atoms with Crippen LogP contribution >= 0.6 is 0 Å². The second kappa shape index (κ2) is 8.16. The summed E-state index contributed by atoms with van der Waals surface area (Å²) >= 11 is 0. The molecule has 3 aromatic heterocycles. The first kappa shape index (κ1) is 20.2. The van der Waals surface area contributed by atoms with Crippen LogP contribution in [-0.4, -0.2) is 33.0 Å². The number of pyridine rings is 2. The molecule has 0 unspecified atom stereocenters. The van der Waals surface area contributed by atoms with Gasteiger partial charge in [-0.3, -0.25) is 9.67 Å². The Kier molecular flexibility index (Phi) is 4.99. The maximum Gasteiger partial charge on any atom is 0.168 e. The average molecular weight is 443 g/mol. The average Bonchev–Trinajstić information content (AvgIpc) is 3.78. The van der Waals surface area contributed by atoms with Crippen molar-refractivity contribution < 1.29 is 9.47 Å². The molecule has 2 aliphatic carbocycles. The molecule has 0 aromatic carbocycles. The number of ether oxygens (including phenoxy) is 2. The lowest BCUT2D eigenvalue weighted by Gasteiger charge is -2.21. The Hall–Kier alpha value is -3.44. The monoisotopic (exact) mass is 442 g/mol. The van der Waals surface area contributed by atoms with Gasteiger partial charge in [-0.25, -0.2) is 4.98 Å². The zero-order chi connectivity index (χ0) is 22.3. The molecule has 1 saturated heterocycles. The van der Waals surface area contributed by atoms with Gasteiger partial charge in [0, 0.05) is 43.3 Å². The van der Waals surface area contributed by atoms with E-state index in [4.69, 9.17) is 14.6 Å². The molecule has 0 radical (unpaired) electrons. The summed E-state index contributed by atoms with van der Waals surface area (Å²) in [6.07, 6.45) is 11.5. The van der Waals surface area contributed by atoms with Crippen LogP contribution in [0.15, 0.2) is 42.9 Å². The number of aromatic nitrogens is 4. The summed E-state index contributed by atoms with van der Waals surface area (Å²) in [6.45, 7) is 1.54. The van der Waals surface area contributed by atoms with Gasteiger partial charge in [-0.15, -0.1) is 0 Å². The van der Waals surface area contributed by atoms with Crippen molar-refractivity contribution in [2.24, 2.45) is 0 Å². The lowest BCUT2D eigenvalue weighted by atomic mass is 9.96. The molecule has 0 amide bonds. The van der Waals surface area contributed by atoms with Gasteiger partial charge in [0.1, 0.15) is 17.3 Å². The third-order valence-electron chi connectivity index (χ3n) is 6.70. The van der Waals surface area contributed by atoms with Gasteiger partial charge in [0.15, 0.2) is 5.75 Å². The van der Waals surface area contributed by atoms with E-state index in [0.717, 1.165) is 61.7 Å². The zero-order valence-corrected chi connectivity index (χ0v) is 18.4. The highest BCUT2D eigenvalue weighted by Crippen LogP contribution is 2.47. The molecule has 6 rings (SSSR count). The van der Waals surface area contributed by atoms with Gasteiger partial charge in [-0.1, -0.05) is 0 Å². The maximum absolute atomic E-state index is 9.47.